The molecule has 4 rings (SSSR count). The maximum Gasteiger partial charge on any atom is 0.261 e. The lowest BCUT2D eigenvalue weighted by Gasteiger charge is -2.33. The molecule has 1 aliphatic heterocycles. The molecule has 1 fully saturated rings. The van der Waals surface area contributed by atoms with Crippen molar-refractivity contribution in [1.82, 2.24) is 19.9 Å². The average molecular weight is 491 g/mol. The Morgan fingerprint density at radius 1 is 1.00 bits per heavy atom. The molecule has 0 amide bonds. The fraction of sp³-hybridized carbons (Fsp3) is 0.346. The van der Waals surface area contributed by atoms with Crippen molar-refractivity contribution < 1.29 is 8.42 Å². The second-order valence-corrected chi connectivity index (χ2v) is 10.4. The van der Waals surface area contributed by atoms with Crippen LogP contribution in [0.2, 0.25) is 0 Å². The molecule has 3 aromatic rings. The summed E-state index contributed by atoms with van der Waals surface area (Å²) in [6.45, 7) is 9.40. The molecule has 0 atom stereocenters. The van der Waals surface area contributed by atoms with Crippen molar-refractivity contribution in [3.63, 3.8) is 0 Å². The zero-order valence-electron chi connectivity index (χ0n) is 20.5. The predicted molar refractivity (Wildman–Crippen MR) is 138 cm³/mol. The van der Waals surface area contributed by atoms with E-state index < -0.39 is 10.0 Å². The SMILES string of the molecule is CCc1ncnc(N2CCN(C)CC2)c1C#Cc1cnc(C)c(NS(=O)(=O)c2ccc(C)cc2)c1. The van der Waals surface area contributed by atoms with E-state index in [1.165, 1.54) is 0 Å². The van der Waals surface area contributed by atoms with Gasteiger partial charge in [-0.05, 0) is 45.5 Å². The van der Waals surface area contributed by atoms with Crippen molar-refractivity contribution in [3.8, 4) is 11.8 Å². The summed E-state index contributed by atoms with van der Waals surface area (Å²) in [6.07, 6.45) is 3.99. The highest BCUT2D eigenvalue weighted by Crippen LogP contribution is 2.22. The van der Waals surface area contributed by atoms with E-state index in [1.54, 1.807) is 49.8 Å². The smallest absolute Gasteiger partial charge is 0.261 e. The molecular formula is C26H30N6O2S. The maximum atomic E-state index is 12.9. The number of nitrogens with one attached hydrogen (secondary N) is 1. The van der Waals surface area contributed by atoms with Crippen LogP contribution in [0, 0.1) is 25.7 Å². The normalized spacial score (nSPS) is 14.3. The first-order valence-corrected chi connectivity index (χ1v) is 13.1. The van der Waals surface area contributed by atoms with Crippen LogP contribution < -0.4 is 9.62 Å². The second-order valence-electron chi connectivity index (χ2n) is 8.69. The molecular weight excluding hydrogens is 460 g/mol. The van der Waals surface area contributed by atoms with E-state index in [-0.39, 0.29) is 4.90 Å². The molecule has 0 radical (unpaired) electrons. The summed E-state index contributed by atoms with van der Waals surface area (Å²) < 4.78 is 28.4. The van der Waals surface area contributed by atoms with Crippen molar-refractivity contribution in [2.24, 2.45) is 0 Å². The van der Waals surface area contributed by atoms with Gasteiger partial charge in [0.25, 0.3) is 10.0 Å². The maximum absolute atomic E-state index is 12.9. The number of likely N-dealkylation sites (N-methyl/N-ethyl adjacent to an activating group) is 1. The van der Waals surface area contributed by atoms with Gasteiger partial charge in [0.2, 0.25) is 0 Å². The van der Waals surface area contributed by atoms with Gasteiger partial charge in [0, 0.05) is 37.9 Å². The van der Waals surface area contributed by atoms with Crippen molar-refractivity contribution in [2.75, 3.05) is 42.8 Å². The molecule has 1 aromatic carbocycles. The van der Waals surface area contributed by atoms with Gasteiger partial charge in [-0.1, -0.05) is 36.5 Å². The predicted octanol–water partition coefficient (Wildman–Crippen LogP) is 3.00. The number of pyridine rings is 1. The van der Waals surface area contributed by atoms with Crippen LogP contribution in [0.3, 0.4) is 0 Å². The van der Waals surface area contributed by atoms with Crippen LogP contribution in [-0.2, 0) is 16.4 Å². The van der Waals surface area contributed by atoms with Crippen LogP contribution in [0.15, 0.2) is 47.8 Å². The highest BCUT2D eigenvalue weighted by atomic mass is 32.2. The molecule has 0 aliphatic carbocycles. The fourth-order valence-corrected chi connectivity index (χ4v) is 4.93. The van der Waals surface area contributed by atoms with E-state index in [4.69, 9.17) is 0 Å². The molecule has 0 unspecified atom stereocenters. The Hall–Kier alpha value is -3.48. The third-order valence-electron chi connectivity index (χ3n) is 6.04. The van der Waals surface area contributed by atoms with Gasteiger partial charge < -0.3 is 9.80 Å². The van der Waals surface area contributed by atoms with E-state index in [1.807, 2.05) is 13.8 Å². The average Bonchev–Trinajstić information content (AvgIpc) is 2.85. The first-order chi connectivity index (χ1) is 16.8. The quantitative estimate of drug-likeness (QED) is 0.550. The Morgan fingerprint density at radius 3 is 2.40 bits per heavy atom. The van der Waals surface area contributed by atoms with E-state index in [9.17, 15) is 8.42 Å². The molecule has 35 heavy (non-hydrogen) atoms. The summed E-state index contributed by atoms with van der Waals surface area (Å²) in [5, 5.41) is 0. The van der Waals surface area contributed by atoms with Crippen molar-refractivity contribution in [2.45, 2.75) is 32.1 Å². The molecule has 1 saturated heterocycles. The highest BCUT2D eigenvalue weighted by molar-refractivity contribution is 7.92. The molecule has 9 heteroatoms. The number of rotatable bonds is 5. The van der Waals surface area contributed by atoms with Gasteiger partial charge in [-0.15, -0.1) is 0 Å². The lowest BCUT2D eigenvalue weighted by molar-refractivity contribution is 0.312. The molecule has 1 N–H and O–H groups in total. The molecule has 0 saturated carbocycles. The molecule has 182 valence electrons. The minimum absolute atomic E-state index is 0.199. The Labute approximate surface area is 207 Å². The standard InChI is InChI=1S/C26H30N6O2S/c1-5-24-23(26(29-18-28-24)32-14-12-31(4)13-15-32)11-8-21-16-25(20(3)27-17-21)30-35(33,34)22-9-6-19(2)7-10-22/h6-7,9-10,16-18,30H,5,12-15H2,1-4H3. The number of hydrogen-bond acceptors (Lipinski definition) is 7. The number of hydrogen-bond donors (Lipinski definition) is 1. The Morgan fingerprint density at radius 2 is 1.71 bits per heavy atom. The molecule has 1 aliphatic rings. The van der Waals surface area contributed by atoms with Gasteiger partial charge in [0.15, 0.2) is 0 Å². The van der Waals surface area contributed by atoms with E-state index in [0.717, 1.165) is 55.2 Å². The number of benzene rings is 1. The van der Waals surface area contributed by atoms with Gasteiger partial charge in [0.05, 0.1) is 27.5 Å². The van der Waals surface area contributed by atoms with Gasteiger partial charge >= 0.3 is 0 Å². The molecule has 0 bridgehead atoms. The van der Waals surface area contributed by atoms with E-state index >= 15 is 0 Å². The summed E-state index contributed by atoms with van der Waals surface area (Å²) in [6, 6.07) is 8.43. The fourth-order valence-electron chi connectivity index (χ4n) is 3.83. The first-order valence-electron chi connectivity index (χ1n) is 11.6. The monoisotopic (exact) mass is 490 g/mol. The third-order valence-corrected chi connectivity index (χ3v) is 7.42. The van der Waals surface area contributed by atoms with Gasteiger partial charge in [0.1, 0.15) is 12.1 Å². The largest absolute Gasteiger partial charge is 0.353 e. The Kier molecular flexibility index (Phi) is 7.34. The van der Waals surface area contributed by atoms with E-state index in [2.05, 4.69) is 48.4 Å². The van der Waals surface area contributed by atoms with Crippen molar-refractivity contribution in [1.29, 1.82) is 0 Å². The van der Waals surface area contributed by atoms with Crippen LogP contribution in [0.4, 0.5) is 11.5 Å². The van der Waals surface area contributed by atoms with Crippen LogP contribution in [0.5, 0.6) is 0 Å². The highest BCUT2D eigenvalue weighted by Gasteiger charge is 2.20. The molecule has 0 spiro atoms. The number of nitrogens with zero attached hydrogens (tertiary/aromatic N) is 5. The van der Waals surface area contributed by atoms with Crippen LogP contribution in [0.1, 0.15) is 35.0 Å². The first kappa shape index (κ1) is 24.6. The number of aromatic nitrogens is 3. The zero-order valence-corrected chi connectivity index (χ0v) is 21.4. The molecule has 2 aromatic heterocycles. The number of sulfonamides is 1. The van der Waals surface area contributed by atoms with Gasteiger partial charge in [-0.3, -0.25) is 9.71 Å². The van der Waals surface area contributed by atoms with Crippen LogP contribution >= 0.6 is 0 Å². The lowest BCUT2D eigenvalue weighted by atomic mass is 10.1. The Bertz CT molecular complexity index is 1370. The minimum Gasteiger partial charge on any atom is -0.353 e. The van der Waals surface area contributed by atoms with E-state index in [0.29, 0.717) is 16.9 Å². The summed E-state index contributed by atoms with van der Waals surface area (Å²) in [4.78, 5) is 18.1. The van der Waals surface area contributed by atoms with Crippen molar-refractivity contribution in [3.05, 3.63) is 70.9 Å². The third kappa shape index (κ3) is 5.78. The summed E-state index contributed by atoms with van der Waals surface area (Å²) in [5.41, 5.74) is 4.26. The van der Waals surface area contributed by atoms with Crippen LogP contribution in [0.25, 0.3) is 0 Å². The van der Waals surface area contributed by atoms with Crippen molar-refractivity contribution >= 4 is 21.5 Å². The minimum atomic E-state index is -3.74. The molecule has 3 heterocycles. The van der Waals surface area contributed by atoms with Gasteiger partial charge in [-0.25, -0.2) is 18.4 Å². The number of piperazine rings is 1. The number of aryl methyl sites for hydroxylation is 3. The van der Waals surface area contributed by atoms with Gasteiger partial charge in [-0.2, -0.15) is 0 Å². The summed E-state index contributed by atoms with van der Waals surface area (Å²) >= 11 is 0. The summed E-state index contributed by atoms with van der Waals surface area (Å²) in [7, 11) is -1.63. The molecule has 8 nitrogen and oxygen atoms in total. The number of anilines is 2. The van der Waals surface area contributed by atoms with Crippen LogP contribution in [-0.4, -0.2) is 61.5 Å². The summed E-state index contributed by atoms with van der Waals surface area (Å²) in [5.74, 6) is 7.26. The topological polar surface area (TPSA) is 91.3 Å². The second kappa shape index (κ2) is 10.4. The zero-order chi connectivity index (χ0) is 25.0. The Balaban J connectivity index is 1.65. The lowest BCUT2D eigenvalue weighted by Crippen LogP contribution is -2.45.